The van der Waals surface area contributed by atoms with Crippen LogP contribution < -0.4 is 10.1 Å². The van der Waals surface area contributed by atoms with Gasteiger partial charge in [0, 0.05) is 11.6 Å². The number of amides is 1. The van der Waals surface area contributed by atoms with Crippen LogP contribution in [0.3, 0.4) is 0 Å². The summed E-state index contributed by atoms with van der Waals surface area (Å²) >= 11 is 0. The van der Waals surface area contributed by atoms with Gasteiger partial charge in [-0.3, -0.25) is 4.79 Å². The lowest BCUT2D eigenvalue weighted by molar-refractivity contribution is 0.0885. The lowest BCUT2D eigenvalue weighted by Crippen LogP contribution is -2.39. The van der Waals surface area contributed by atoms with Gasteiger partial charge in [0.15, 0.2) is 5.82 Å². The number of rotatable bonds is 4. The number of hydrogen-bond donors (Lipinski definition) is 1. The van der Waals surface area contributed by atoms with Crippen LogP contribution in [0.4, 0.5) is 4.39 Å². The number of carbonyl (C=O) groups is 1. The van der Waals surface area contributed by atoms with E-state index in [4.69, 9.17) is 4.74 Å². The van der Waals surface area contributed by atoms with Gasteiger partial charge in [0.05, 0.1) is 12.4 Å². The Kier molecular flexibility index (Phi) is 4.80. The fourth-order valence-electron chi connectivity index (χ4n) is 2.69. The molecule has 3 rings (SSSR count). The number of hydrogen-bond acceptors (Lipinski definition) is 4. The maximum Gasteiger partial charge on any atom is 0.316 e. The van der Waals surface area contributed by atoms with Crippen molar-refractivity contribution in [3.05, 3.63) is 54.1 Å². The van der Waals surface area contributed by atoms with E-state index < -0.39 is 5.82 Å². The minimum atomic E-state index is -0.482. The highest BCUT2D eigenvalue weighted by Crippen LogP contribution is 2.22. The summed E-state index contributed by atoms with van der Waals surface area (Å²) in [6, 6.07) is 9.54. The molecule has 0 radical (unpaired) electrons. The predicted molar refractivity (Wildman–Crippen MR) is 82.6 cm³/mol. The molecule has 1 aromatic carbocycles. The lowest BCUT2D eigenvalue weighted by atomic mass is 9.92. The number of nitrogens with zero attached hydrogens (tertiary/aromatic N) is 2. The molecular formula is C17H18FN3O2. The first-order chi connectivity index (χ1) is 11.2. The molecule has 6 heteroatoms. The van der Waals surface area contributed by atoms with Crippen molar-refractivity contribution in [3.8, 4) is 6.01 Å². The number of ether oxygens (including phenoxy) is 1. The summed E-state index contributed by atoms with van der Waals surface area (Å²) in [6.07, 6.45) is 5.48. The summed E-state index contributed by atoms with van der Waals surface area (Å²) in [6.45, 7) is 0. The molecule has 2 aromatic rings. The number of halogens is 1. The molecule has 23 heavy (non-hydrogen) atoms. The smallest absolute Gasteiger partial charge is 0.316 e. The second-order valence-electron chi connectivity index (χ2n) is 5.61. The van der Waals surface area contributed by atoms with Gasteiger partial charge in [-0.05, 0) is 37.8 Å². The van der Waals surface area contributed by atoms with Crippen LogP contribution in [0, 0.1) is 5.82 Å². The van der Waals surface area contributed by atoms with Crippen molar-refractivity contribution < 1.29 is 13.9 Å². The maximum absolute atomic E-state index is 12.8. The second-order valence-corrected chi connectivity index (χ2v) is 5.61. The SMILES string of the molecule is O=C(NC1CCC(Oc2ncc(F)cn2)CC1)c1ccccc1. The average molecular weight is 315 g/mol. The lowest BCUT2D eigenvalue weighted by Gasteiger charge is -2.28. The normalized spacial score (nSPS) is 20.7. The van der Waals surface area contributed by atoms with E-state index >= 15 is 0 Å². The van der Waals surface area contributed by atoms with Gasteiger partial charge < -0.3 is 10.1 Å². The fraction of sp³-hybridized carbons (Fsp3) is 0.353. The Balaban J connectivity index is 1.47. The fourth-order valence-corrected chi connectivity index (χ4v) is 2.69. The van der Waals surface area contributed by atoms with Crippen LogP contribution in [0.15, 0.2) is 42.7 Å². The number of aromatic nitrogens is 2. The van der Waals surface area contributed by atoms with Gasteiger partial charge in [-0.25, -0.2) is 14.4 Å². The van der Waals surface area contributed by atoms with E-state index in [0.717, 1.165) is 38.1 Å². The first-order valence-corrected chi connectivity index (χ1v) is 7.71. The first kappa shape index (κ1) is 15.4. The number of nitrogens with one attached hydrogen (secondary N) is 1. The average Bonchev–Trinajstić information content (AvgIpc) is 2.59. The molecule has 0 bridgehead atoms. The van der Waals surface area contributed by atoms with Crippen LogP contribution in [-0.2, 0) is 0 Å². The Hall–Kier alpha value is -2.50. The third kappa shape index (κ3) is 4.25. The standard InChI is InChI=1S/C17H18FN3O2/c18-13-10-19-17(20-11-13)23-15-8-6-14(7-9-15)21-16(22)12-4-2-1-3-5-12/h1-5,10-11,14-15H,6-9H2,(H,21,22). The highest BCUT2D eigenvalue weighted by Gasteiger charge is 2.24. The van der Waals surface area contributed by atoms with E-state index in [1.165, 1.54) is 0 Å². The summed E-state index contributed by atoms with van der Waals surface area (Å²) < 4.78 is 18.4. The zero-order valence-corrected chi connectivity index (χ0v) is 12.6. The van der Waals surface area contributed by atoms with Crippen molar-refractivity contribution in [2.45, 2.75) is 37.8 Å². The van der Waals surface area contributed by atoms with Crippen molar-refractivity contribution >= 4 is 5.91 Å². The zero-order chi connectivity index (χ0) is 16.1. The summed E-state index contributed by atoms with van der Waals surface area (Å²) in [4.78, 5) is 19.7. The van der Waals surface area contributed by atoms with Crippen molar-refractivity contribution in [2.75, 3.05) is 0 Å². The molecule has 1 aromatic heterocycles. The van der Waals surface area contributed by atoms with Crippen LogP contribution in [0.1, 0.15) is 36.0 Å². The van der Waals surface area contributed by atoms with E-state index in [0.29, 0.717) is 5.56 Å². The topological polar surface area (TPSA) is 64.1 Å². The molecule has 1 N–H and O–H groups in total. The van der Waals surface area contributed by atoms with Crippen LogP contribution in [0.25, 0.3) is 0 Å². The van der Waals surface area contributed by atoms with Crippen molar-refractivity contribution in [1.82, 2.24) is 15.3 Å². The molecule has 5 nitrogen and oxygen atoms in total. The van der Waals surface area contributed by atoms with Gasteiger partial charge in [0.1, 0.15) is 6.10 Å². The van der Waals surface area contributed by atoms with Crippen LogP contribution in [0.5, 0.6) is 6.01 Å². The van der Waals surface area contributed by atoms with Crippen molar-refractivity contribution in [1.29, 1.82) is 0 Å². The molecule has 0 unspecified atom stereocenters. The summed E-state index contributed by atoms with van der Waals surface area (Å²) in [5, 5.41) is 3.05. The Bertz CT molecular complexity index is 641. The highest BCUT2D eigenvalue weighted by molar-refractivity contribution is 5.94. The maximum atomic E-state index is 12.8. The van der Waals surface area contributed by atoms with Gasteiger partial charge in [-0.2, -0.15) is 0 Å². The first-order valence-electron chi connectivity index (χ1n) is 7.71. The van der Waals surface area contributed by atoms with Crippen molar-refractivity contribution in [2.24, 2.45) is 0 Å². The predicted octanol–water partition coefficient (Wildman–Crippen LogP) is 2.74. The monoisotopic (exact) mass is 315 g/mol. The summed E-state index contributed by atoms with van der Waals surface area (Å²) in [7, 11) is 0. The molecule has 1 amide bonds. The van der Waals surface area contributed by atoms with Gasteiger partial charge in [0.25, 0.3) is 5.91 Å². The molecule has 1 saturated carbocycles. The largest absolute Gasteiger partial charge is 0.460 e. The van der Waals surface area contributed by atoms with Gasteiger partial charge in [-0.15, -0.1) is 0 Å². The minimum Gasteiger partial charge on any atom is -0.460 e. The third-order valence-electron chi connectivity index (χ3n) is 3.91. The van der Waals surface area contributed by atoms with Gasteiger partial charge in [-0.1, -0.05) is 18.2 Å². The molecular weight excluding hydrogens is 297 g/mol. The molecule has 1 aliphatic carbocycles. The molecule has 0 saturated heterocycles. The Labute approximate surface area is 133 Å². The van der Waals surface area contributed by atoms with E-state index in [2.05, 4.69) is 15.3 Å². The molecule has 0 atom stereocenters. The number of carbonyl (C=O) groups excluding carboxylic acids is 1. The van der Waals surface area contributed by atoms with E-state index in [1.54, 1.807) is 12.1 Å². The minimum absolute atomic E-state index is 0.00494. The highest BCUT2D eigenvalue weighted by atomic mass is 19.1. The molecule has 0 spiro atoms. The molecule has 1 fully saturated rings. The number of benzene rings is 1. The van der Waals surface area contributed by atoms with Gasteiger partial charge in [0.2, 0.25) is 0 Å². The summed E-state index contributed by atoms with van der Waals surface area (Å²) in [5.41, 5.74) is 0.672. The second kappa shape index (κ2) is 7.17. The van der Waals surface area contributed by atoms with Gasteiger partial charge >= 0.3 is 6.01 Å². The van der Waals surface area contributed by atoms with E-state index in [-0.39, 0.29) is 24.1 Å². The molecule has 1 heterocycles. The summed E-state index contributed by atoms with van der Waals surface area (Å²) in [5.74, 6) is -0.526. The Morgan fingerprint density at radius 2 is 1.74 bits per heavy atom. The Morgan fingerprint density at radius 1 is 1.09 bits per heavy atom. The van der Waals surface area contributed by atoms with Crippen LogP contribution in [-0.4, -0.2) is 28.0 Å². The third-order valence-corrected chi connectivity index (χ3v) is 3.91. The van der Waals surface area contributed by atoms with Crippen LogP contribution in [0.2, 0.25) is 0 Å². The van der Waals surface area contributed by atoms with E-state index in [1.807, 2.05) is 18.2 Å². The van der Waals surface area contributed by atoms with Crippen molar-refractivity contribution in [3.63, 3.8) is 0 Å². The Morgan fingerprint density at radius 3 is 2.39 bits per heavy atom. The molecule has 120 valence electrons. The van der Waals surface area contributed by atoms with E-state index in [9.17, 15) is 9.18 Å². The molecule has 0 aliphatic heterocycles. The quantitative estimate of drug-likeness (QED) is 0.942. The zero-order valence-electron chi connectivity index (χ0n) is 12.6. The van der Waals surface area contributed by atoms with Crippen LogP contribution >= 0.6 is 0 Å². The molecule has 1 aliphatic rings.